The highest BCUT2D eigenvalue weighted by Gasteiger charge is 2.17. The number of hydrogen-bond acceptors (Lipinski definition) is 6. The Kier molecular flexibility index (Phi) is 6.26. The van der Waals surface area contributed by atoms with E-state index in [1.54, 1.807) is 32.5 Å². The number of rotatable bonds is 9. The Balaban J connectivity index is 1.78. The van der Waals surface area contributed by atoms with Crippen molar-refractivity contribution in [3.8, 4) is 5.88 Å². The van der Waals surface area contributed by atoms with Crippen molar-refractivity contribution in [2.45, 2.75) is 13.5 Å². The summed E-state index contributed by atoms with van der Waals surface area (Å²) in [6, 6.07) is 7.58. The van der Waals surface area contributed by atoms with E-state index in [1.165, 1.54) is 17.0 Å². The smallest absolute Gasteiger partial charge is 0.212 e. The summed E-state index contributed by atoms with van der Waals surface area (Å²) in [6.45, 7) is 5.55. The summed E-state index contributed by atoms with van der Waals surface area (Å²) >= 11 is 1.54. The molecule has 3 rings (SSSR count). The topological polar surface area (TPSA) is 56.6 Å². The number of likely N-dealkylation sites (N-methyl/N-ethyl adjacent to an activating group) is 1. The van der Waals surface area contributed by atoms with E-state index in [1.807, 2.05) is 6.07 Å². The van der Waals surface area contributed by atoms with Crippen LogP contribution in [0.2, 0.25) is 0 Å². The third-order valence-corrected chi connectivity index (χ3v) is 5.76. The number of ether oxygens (including phenoxy) is 2. The highest BCUT2D eigenvalue weighted by atomic mass is 32.1. The standard InChI is InChI=1S/C20H25N3O3S/c1-14-11-16-12-17(19(24)15-5-6-18(26-4)21-13-15)27-20(16)23(14)8-7-22(2)9-10-25-3/h5-6,11-13H,7-10H2,1-4H3. The van der Waals surface area contributed by atoms with Crippen LogP contribution in [0.1, 0.15) is 20.9 Å². The van der Waals surface area contributed by atoms with Gasteiger partial charge in [0.2, 0.25) is 11.7 Å². The van der Waals surface area contributed by atoms with Crippen LogP contribution in [0, 0.1) is 6.92 Å². The monoisotopic (exact) mass is 387 g/mol. The van der Waals surface area contributed by atoms with Crippen molar-refractivity contribution in [1.82, 2.24) is 14.5 Å². The van der Waals surface area contributed by atoms with Gasteiger partial charge in [-0.15, -0.1) is 11.3 Å². The number of carbonyl (C=O) groups is 1. The van der Waals surface area contributed by atoms with Crippen molar-refractivity contribution in [3.05, 3.63) is 46.6 Å². The molecule has 0 aliphatic rings. The molecule has 3 aromatic rings. The number of aryl methyl sites for hydroxylation is 1. The molecular weight excluding hydrogens is 362 g/mol. The Hall–Kier alpha value is -2.22. The predicted molar refractivity (Wildman–Crippen MR) is 108 cm³/mol. The maximum atomic E-state index is 12.8. The number of hydrogen-bond donors (Lipinski definition) is 0. The maximum absolute atomic E-state index is 12.8. The number of fused-ring (bicyclic) bond motifs is 1. The van der Waals surface area contributed by atoms with E-state index in [9.17, 15) is 4.79 Å². The molecule has 6 nitrogen and oxygen atoms in total. The van der Waals surface area contributed by atoms with Gasteiger partial charge in [-0.05, 0) is 32.2 Å². The Morgan fingerprint density at radius 2 is 2.07 bits per heavy atom. The first-order chi connectivity index (χ1) is 13.0. The van der Waals surface area contributed by atoms with Gasteiger partial charge in [0.05, 0.1) is 18.6 Å². The van der Waals surface area contributed by atoms with Crippen molar-refractivity contribution >= 4 is 27.3 Å². The molecule has 3 heterocycles. The number of ketones is 1. The van der Waals surface area contributed by atoms with Crippen LogP contribution in [0.5, 0.6) is 5.88 Å². The van der Waals surface area contributed by atoms with Crippen LogP contribution < -0.4 is 4.74 Å². The lowest BCUT2D eigenvalue weighted by Crippen LogP contribution is -2.26. The molecule has 7 heteroatoms. The average molecular weight is 388 g/mol. The normalized spacial score (nSPS) is 11.4. The van der Waals surface area contributed by atoms with Crippen molar-refractivity contribution in [3.63, 3.8) is 0 Å². The number of carbonyl (C=O) groups excluding carboxylic acids is 1. The van der Waals surface area contributed by atoms with Crippen LogP contribution in [-0.4, -0.2) is 61.2 Å². The Bertz CT molecular complexity index is 915. The fourth-order valence-electron chi connectivity index (χ4n) is 2.97. The molecule has 0 radical (unpaired) electrons. The van der Waals surface area contributed by atoms with E-state index in [2.05, 4.69) is 34.5 Å². The van der Waals surface area contributed by atoms with Crippen LogP contribution in [0.4, 0.5) is 0 Å². The third-order valence-electron chi connectivity index (χ3n) is 4.59. The van der Waals surface area contributed by atoms with Gasteiger partial charge < -0.3 is 18.9 Å². The molecule has 0 N–H and O–H groups in total. The number of nitrogens with zero attached hydrogens (tertiary/aromatic N) is 3. The van der Waals surface area contributed by atoms with Gasteiger partial charge in [0.25, 0.3) is 0 Å². The molecule has 0 amide bonds. The van der Waals surface area contributed by atoms with Gasteiger partial charge in [0, 0.05) is 55.7 Å². The Labute approximate surface area is 163 Å². The summed E-state index contributed by atoms with van der Waals surface area (Å²) in [5.41, 5.74) is 1.78. The van der Waals surface area contributed by atoms with Gasteiger partial charge >= 0.3 is 0 Å². The van der Waals surface area contributed by atoms with Crippen molar-refractivity contribution in [2.24, 2.45) is 0 Å². The second-order valence-electron chi connectivity index (χ2n) is 6.52. The van der Waals surface area contributed by atoms with E-state index in [4.69, 9.17) is 9.47 Å². The molecule has 0 aliphatic heterocycles. The van der Waals surface area contributed by atoms with Gasteiger partial charge in [-0.25, -0.2) is 4.98 Å². The van der Waals surface area contributed by atoms with E-state index in [-0.39, 0.29) is 5.78 Å². The first-order valence-corrected chi connectivity index (χ1v) is 9.67. The van der Waals surface area contributed by atoms with Gasteiger partial charge in [0.15, 0.2) is 0 Å². The minimum atomic E-state index is -0.00670. The van der Waals surface area contributed by atoms with E-state index >= 15 is 0 Å². The first kappa shape index (κ1) is 19.5. The van der Waals surface area contributed by atoms with E-state index < -0.39 is 0 Å². The van der Waals surface area contributed by atoms with Crippen molar-refractivity contribution in [1.29, 1.82) is 0 Å². The zero-order chi connectivity index (χ0) is 19.4. The van der Waals surface area contributed by atoms with Crippen molar-refractivity contribution < 1.29 is 14.3 Å². The van der Waals surface area contributed by atoms with Crippen molar-refractivity contribution in [2.75, 3.05) is 41.0 Å². The number of thiophene rings is 1. The molecule has 0 atom stereocenters. The molecular formula is C20H25N3O3S. The molecule has 27 heavy (non-hydrogen) atoms. The molecule has 0 saturated heterocycles. The number of aromatic nitrogens is 2. The minimum absolute atomic E-state index is 0.00670. The number of pyridine rings is 1. The lowest BCUT2D eigenvalue weighted by atomic mass is 10.1. The maximum Gasteiger partial charge on any atom is 0.212 e. The fraction of sp³-hybridized carbons (Fsp3) is 0.400. The van der Waals surface area contributed by atoms with Gasteiger partial charge in [0.1, 0.15) is 4.83 Å². The summed E-state index contributed by atoms with van der Waals surface area (Å²) in [4.78, 5) is 21.0. The highest BCUT2D eigenvalue weighted by Crippen LogP contribution is 2.30. The molecule has 0 fully saturated rings. The van der Waals surface area contributed by atoms with Gasteiger partial charge in [-0.3, -0.25) is 4.79 Å². The predicted octanol–water partition coefficient (Wildman–Crippen LogP) is 3.22. The van der Waals surface area contributed by atoms with Crippen LogP contribution in [0.15, 0.2) is 30.5 Å². The fourth-order valence-corrected chi connectivity index (χ4v) is 4.16. The summed E-state index contributed by atoms with van der Waals surface area (Å²) in [6.07, 6.45) is 1.57. The van der Waals surface area contributed by atoms with Crippen LogP contribution in [0.25, 0.3) is 10.2 Å². The van der Waals surface area contributed by atoms with E-state index in [0.29, 0.717) is 11.4 Å². The van der Waals surface area contributed by atoms with Crippen LogP contribution in [0.3, 0.4) is 0 Å². The summed E-state index contributed by atoms with van der Waals surface area (Å²) in [5.74, 6) is 0.496. The number of methoxy groups -OCH3 is 2. The summed E-state index contributed by atoms with van der Waals surface area (Å²) in [5, 5.41) is 1.11. The first-order valence-electron chi connectivity index (χ1n) is 8.85. The Morgan fingerprint density at radius 1 is 1.26 bits per heavy atom. The SMILES string of the molecule is COCCN(C)CCn1c(C)cc2cc(C(=O)c3ccc(OC)nc3)sc21. The second-order valence-corrected chi connectivity index (χ2v) is 7.55. The zero-order valence-corrected chi connectivity index (χ0v) is 17.0. The molecule has 0 bridgehead atoms. The quantitative estimate of drug-likeness (QED) is 0.528. The lowest BCUT2D eigenvalue weighted by molar-refractivity contribution is 0.104. The third kappa shape index (κ3) is 4.37. The van der Waals surface area contributed by atoms with Gasteiger partial charge in [-0.2, -0.15) is 0 Å². The van der Waals surface area contributed by atoms with Crippen LogP contribution in [-0.2, 0) is 11.3 Å². The van der Waals surface area contributed by atoms with E-state index in [0.717, 1.165) is 41.3 Å². The van der Waals surface area contributed by atoms with Crippen LogP contribution >= 0.6 is 11.3 Å². The lowest BCUT2D eigenvalue weighted by Gasteiger charge is -2.17. The zero-order valence-electron chi connectivity index (χ0n) is 16.2. The molecule has 3 aromatic heterocycles. The molecule has 0 aromatic carbocycles. The highest BCUT2D eigenvalue weighted by molar-refractivity contribution is 7.20. The second kappa shape index (κ2) is 8.65. The molecule has 0 aliphatic carbocycles. The largest absolute Gasteiger partial charge is 0.481 e. The summed E-state index contributed by atoms with van der Waals surface area (Å²) < 4.78 is 12.5. The minimum Gasteiger partial charge on any atom is -0.481 e. The molecule has 0 spiro atoms. The Morgan fingerprint density at radius 3 is 2.74 bits per heavy atom. The molecule has 144 valence electrons. The van der Waals surface area contributed by atoms with Gasteiger partial charge in [-0.1, -0.05) is 0 Å². The molecule has 0 unspecified atom stereocenters. The molecule has 0 saturated carbocycles. The average Bonchev–Trinajstić information content (AvgIpc) is 3.21. The summed E-state index contributed by atoms with van der Waals surface area (Å²) in [7, 11) is 5.37.